The third kappa shape index (κ3) is 3.36. The number of hydrogen-bond acceptors (Lipinski definition) is 3. The van der Waals surface area contributed by atoms with Crippen LogP contribution in [0.1, 0.15) is 30.1 Å². The first kappa shape index (κ1) is 14.5. The Morgan fingerprint density at radius 3 is 2.95 bits per heavy atom. The van der Waals surface area contributed by atoms with Crippen LogP contribution >= 0.6 is 15.9 Å². The SMILES string of the molecule is CCn1ncc(Br)c1C(=O)/C=C/C(C)=C/c1ccco1. The first-order valence-corrected chi connectivity index (χ1v) is 7.06. The molecule has 0 radical (unpaired) electrons. The normalized spacial score (nSPS) is 12.2. The lowest BCUT2D eigenvalue weighted by Gasteiger charge is -2.01. The summed E-state index contributed by atoms with van der Waals surface area (Å²) >= 11 is 3.35. The van der Waals surface area contributed by atoms with E-state index in [-0.39, 0.29) is 5.78 Å². The second-order valence-electron chi connectivity index (χ2n) is 4.26. The van der Waals surface area contributed by atoms with E-state index in [0.717, 1.165) is 11.3 Å². The van der Waals surface area contributed by atoms with E-state index in [0.29, 0.717) is 16.7 Å². The van der Waals surface area contributed by atoms with Crippen LogP contribution in [0.3, 0.4) is 0 Å². The van der Waals surface area contributed by atoms with E-state index in [1.54, 1.807) is 29.3 Å². The minimum Gasteiger partial charge on any atom is -0.465 e. The highest BCUT2D eigenvalue weighted by Gasteiger charge is 2.13. The molecule has 5 heteroatoms. The fraction of sp³-hybridized carbons (Fsp3) is 0.200. The van der Waals surface area contributed by atoms with Gasteiger partial charge in [-0.05, 0) is 59.6 Å². The first-order valence-electron chi connectivity index (χ1n) is 6.27. The lowest BCUT2D eigenvalue weighted by Crippen LogP contribution is -2.07. The van der Waals surface area contributed by atoms with Crippen LogP contribution < -0.4 is 0 Å². The maximum Gasteiger partial charge on any atom is 0.205 e. The van der Waals surface area contributed by atoms with Crippen molar-refractivity contribution in [2.45, 2.75) is 20.4 Å². The lowest BCUT2D eigenvalue weighted by atomic mass is 10.2. The maximum atomic E-state index is 12.2. The third-order valence-electron chi connectivity index (χ3n) is 2.74. The Labute approximate surface area is 125 Å². The molecule has 2 aromatic heterocycles. The highest BCUT2D eigenvalue weighted by Crippen LogP contribution is 2.17. The Morgan fingerprint density at radius 1 is 1.50 bits per heavy atom. The van der Waals surface area contributed by atoms with E-state index >= 15 is 0 Å². The van der Waals surface area contributed by atoms with E-state index < -0.39 is 0 Å². The Bertz CT molecular complexity index is 651. The van der Waals surface area contributed by atoms with Crippen molar-refractivity contribution in [3.05, 3.63) is 58.2 Å². The molecule has 0 spiro atoms. The van der Waals surface area contributed by atoms with Crippen molar-refractivity contribution in [2.75, 3.05) is 0 Å². The topological polar surface area (TPSA) is 48.0 Å². The molecule has 0 unspecified atom stereocenters. The van der Waals surface area contributed by atoms with Crippen molar-refractivity contribution in [3.63, 3.8) is 0 Å². The zero-order valence-corrected chi connectivity index (χ0v) is 12.9. The fourth-order valence-electron chi connectivity index (χ4n) is 1.78. The number of rotatable bonds is 5. The third-order valence-corrected chi connectivity index (χ3v) is 3.32. The zero-order valence-electron chi connectivity index (χ0n) is 11.3. The Hall–Kier alpha value is -1.88. The van der Waals surface area contributed by atoms with E-state index in [4.69, 9.17) is 4.42 Å². The quantitative estimate of drug-likeness (QED) is 0.469. The largest absolute Gasteiger partial charge is 0.465 e. The summed E-state index contributed by atoms with van der Waals surface area (Å²) in [5, 5.41) is 4.13. The lowest BCUT2D eigenvalue weighted by molar-refractivity contribution is 0.103. The monoisotopic (exact) mass is 334 g/mol. The van der Waals surface area contributed by atoms with Crippen LogP contribution in [0.2, 0.25) is 0 Å². The molecule has 20 heavy (non-hydrogen) atoms. The van der Waals surface area contributed by atoms with Gasteiger partial charge in [-0.25, -0.2) is 0 Å². The summed E-state index contributed by atoms with van der Waals surface area (Å²) in [5.74, 6) is 0.683. The van der Waals surface area contributed by atoms with Crippen molar-refractivity contribution in [1.29, 1.82) is 0 Å². The van der Waals surface area contributed by atoms with Gasteiger partial charge in [-0.1, -0.05) is 6.08 Å². The minimum atomic E-state index is -0.0802. The van der Waals surface area contributed by atoms with Gasteiger partial charge >= 0.3 is 0 Å². The molecule has 2 heterocycles. The summed E-state index contributed by atoms with van der Waals surface area (Å²) in [6, 6.07) is 3.69. The van der Waals surface area contributed by atoms with Gasteiger partial charge in [-0.15, -0.1) is 0 Å². The van der Waals surface area contributed by atoms with Crippen LogP contribution in [0.4, 0.5) is 0 Å². The number of aryl methyl sites for hydroxylation is 1. The standard InChI is InChI=1S/C15H15BrN2O2/c1-3-18-15(13(16)10-17-18)14(19)7-6-11(2)9-12-5-4-8-20-12/h4-10H,3H2,1-2H3/b7-6+,11-9+. The molecular formula is C15H15BrN2O2. The van der Waals surface area contributed by atoms with Crippen molar-refractivity contribution in [3.8, 4) is 0 Å². The van der Waals surface area contributed by atoms with Crippen LogP contribution in [-0.2, 0) is 6.54 Å². The molecule has 0 atom stereocenters. The average Bonchev–Trinajstić information content (AvgIpc) is 3.05. The molecule has 104 valence electrons. The van der Waals surface area contributed by atoms with Gasteiger partial charge in [-0.2, -0.15) is 5.10 Å². The number of halogens is 1. The predicted octanol–water partition coefficient (Wildman–Crippen LogP) is 4.10. The van der Waals surface area contributed by atoms with Crippen molar-refractivity contribution >= 4 is 27.8 Å². The summed E-state index contributed by atoms with van der Waals surface area (Å²) < 4.78 is 7.60. The Balaban J connectivity index is 2.15. The van der Waals surface area contributed by atoms with Gasteiger partial charge in [0.15, 0.2) is 0 Å². The number of carbonyl (C=O) groups is 1. The Kier molecular flexibility index (Phi) is 4.74. The van der Waals surface area contributed by atoms with Crippen LogP contribution in [0, 0.1) is 0 Å². The van der Waals surface area contributed by atoms with E-state index in [1.165, 1.54) is 0 Å². The summed E-state index contributed by atoms with van der Waals surface area (Å²) in [4.78, 5) is 12.2. The Morgan fingerprint density at radius 2 is 2.30 bits per heavy atom. The summed E-state index contributed by atoms with van der Waals surface area (Å²) in [7, 11) is 0. The van der Waals surface area contributed by atoms with Gasteiger partial charge in [0, 0.05) is 6.54 Å². The number of hydrogen-bond donors (Lipinski definition) is 0. The van der Waals surface area contributed by atoms with E-state index in [1.807, 2.05) is 32.1 Å². The number of allylic oxidation sites excluding steroid dienone is 3. The molecule has 0 aliphatic rings. The van der Waals surface area contributed by atoms with Crippen molar-refractivity contribution in [2.24, 2.45) is 0 Å². The summed E-state index contributed by atoms with van der Waals surface area (Å²) in [6.45, 7) is 4.52. The highest BCUT2D eigenvalue weighted by atomic mass is 79.9. The first-order chi connectivity index (χ1) is 9.61. The van der Waals surface area contributed by atoms with Gasteiger partial charge in [0.25, 0.3) is 0 Å². The summed E-state index contributed by atoms with van der Waals surface area (Å²) in [5.41, 5.74) is 1.50. The molecule has 0 aromatic carbocycles. The average molecular weight is 335 g/mol. The number of ketones is 1. The van der Waals surface area contributed by atoms with Gasteiger partial charge < -0.3 is 4.42 Å². The molecule has 2 aromatic rings. The molecule has 0 saturated carbocycles. The van der Waals surface area contributed by atoms with E-state index in [2.05, 4.69) is 21.0 Å². The zero-order chi connectivity index (χ0) is 14.5. The predicted molar refractivity (Wildman–Crippen MR) is 81.4 cm³/mol. The smallest absolute Gasteiger partial charge is 0.205 e. The highest BCUT2D eigenvalue weighted by molar-refractivity contribution is 9.10. The van der Waals surface area contributed by atoms with Crippen LogP contribution in [0.25, 0.3) is 6.08 Å². The van der Waals surface area contributed by atoms with Gasteiger partial charge in [0.2, 0.25) is 5.78 Å². The maximum absolute atomic E-state index is 12.2. The van der Waals surface area contributed by atoms with E-state index in [9.17, 15) is 4.79 Å². The molecule has 0 aliphatic heterocycles. The molecule has 0 fully saturated rings. The second-order valence-corrected chi connectivity index (χ2v) is 5.11. The van der Waals surface area contributed by atoms with Gasteiger partial charge in [0.05, 0.1) is 16.9 Å². The minimum absolute atomic E-state index is 0.0802. The molecule has 0 bridgehead atoms. The van der Waals surface area contributed by atoms with Crippen molar-refractivity contribution in [1.82, 2.24) is 9.78 Å². The molecule has 4 nitrogen and oxygen atoms in total. The van der Waals surface area contributed by atoms with Gasteiger partial charge in [0.1, 0.15) is 11.5 Å². The molecule has 0 amide bonds. The molecule has 0 saturated heterocycles. The van der Waals surface area contributed by atoms with Crippen LogP contribution in [-0.4, -0.2) is 15.6 Å². The van der Waals surface area contributed by atoms with Gasteiger partial charge in [-0.3, -0.25) is 9.48 Å². The second kappa shape index (κ2) is 6.52. The number of furan rings is 1. The number of aromatic nitrogens is 2. The van der Waals surface area contributed by atoms with Crippen LogP contribution in [0.15, 0.2) is 51.2 Å². The summed E-state index contributed by atoms with van der Waals surface area (Å²) in [6.07, 6.45) is 8.43. The van der Waals surface area contributed by atoms with Crippen LogP contribution in [0.5, 0.6) is 0 Å². The fourth-order valence-corrected chi connectivity index (χ4v) is 2.27. The molecule has 0 aliphatic carbocycles. The number of carbonyl (C=O) groups excluding carboxylic acids is 1. The molecular weight excluding hydrogens is 320 g/mol. The molecule has 2 rings (SSSR count). The molecule has 0 N–H and O–H groups in total. The van der Waals surface area contributed by atoms with Crippen molar-refractivity contribution < 1.29 is 9.21 Å². The number of nitrogens with zero attached hydrogens (tertiary/aromatic N) is 2.